The Morgan fingerprint density at radius 3 is 2.00 bits per heavy atom. The van der Waals surface area contributed by atoms with Crippen molar-refractivity contribution in [2.45, 2.75) is 48.2 Å². The van der Waals surface area contributed by atoms with Crippen molar-refractivity contribution in [3.8, 4) is 0 Å². The Labute approximate surface area is 142 Å². The number of ether oxygens (including phenoxy) is 4. The van der Waals surface area contributed by atoms with E-state index in [9.17, 15) is 25.5 Å². The van der Waals surface area contributed by atoms with Gasteiger partial charge in [-0.15, -0.1) is 0 Å². The van der Waals surface area contributed by atoms with E-state index in [4.69, 9.17) is 24.1 Å². The van der Waals surface area contributed by atoms with Crippen LogP contribution in [0.3, 0.4) is 0 Å². The molecule has 3 aliphatic rings. The van der Waals surface area contributed by atoms with E-state index in [-0.39, 0.29) is 17.1 Å². The van der Waals surface area contributed by atoms with Gasteiger partial charge in [0, 0.05) is 0 Å². The number of hydrogen-bond donors (Lipinski definition) is 6. The second kappa shape index (κ2) is 6.79. The minimum atomic E-state index is -1.80. The van der Waals surface area contributed by atoms with Gasteiger partial charge in [0.2, 0.25) is 11.6 Å². The third kappa shape index (κ3) is 2.74. The van der Waals surface area contributed by atoms with E-state index in [2.05, 4.69) is 0 Å². The van der Waals surface area contributed by atoms with Crippen LogP contribution in [-0.2, 0) is 36.0 Å². The van der Waals surface area contributed by atoms with Crippen LogP contribution in [0.25, 0.3) is 0 Å². The molecule has 23 heavy (non-hydrogen) atoms. The van der Waals surface area contributed by atoms with E-state index in [1.807, 2.05) is 0 Å². The fraction of sp³-hybridized carbons (Fsp3) is 1.00. The van der Waals surface area contributed by atoms with E-state index >= 15 is 0 Å². The zero-order valence-corrected chi connectivity index (χ0v) is 13.1. The Balaban J connectivity index is 0.00000192. The van der Waals surface area contributed by atoms with Gasteiger partial charge in [0.1, 0.15) is 49.8 Å². The van der Waals surface area contributed by atoms with Gasteiger partial charge in [0.15, 0.2) is 0 Å². The second-order valence-corrected chi connectivity index (χ2v) is 5.71. The molecule has 3 heterocycles. The molecule has 8 atom stereocenters. The van der Waals surface area contributed by atoms with E-state index in [0.717, 1.165) is 0 Å². The van der Waals surface area contributed by atoms with Crippen LogP contribution in [0.2, 0.25) is 0 Å². The summed E-state index contributed by atoms with van der Waals surface area (Å²) in [6.07, 6.45) is -7.62. The smallest absolute Gasteiger partial charge is 0.394 e. The third-order valence-corrected chi connectivity index (χ3v) is 4.41. The Hall–Kier alpha value is 0.119. The first-order valence-corrected chi connectivity index (χ1v) is 6.97. The van der Waals surface area contributed by atoms with Gasteiger partial charge in [-0.2, -0.15) is 0 Å². The van der Waals surface area contributed by atoms with Gasteiger partial charge in [-0.25, -0.2) is 0 Å². The van der Waals surface area contributed by atoms with Crippen molar-refractivity contribution in [1.29, 1.82) is 0 Å². The molecule has 6 N–H and O–H groups in total. The van der Waals surface area contributed by atoms with Gasteiger partial charge in [-0.3, -0.25) is 0 Å². The minimum Gasteiger partial charge on any atom is -0.394 e. The fourth-order valence-electron chi connectivity index (χ4n) is 3.13. The Morgan fingerprint density at radius 2 is 1.48 bits per heavy atom. The quantitative estimate of drug-likeness (QED) is 0.264. The zero-order valence-electron chi connectivity index (χ0n) is 12.0. The first-order valence-electron chi connectivity index (χ1n) is 6.97. The monoisotopic (exact) mass is 380 g/mol. The summed E-state index contributed by atoms with van der Waals surface area (Å²) in [5.41, 5.74) is 0. The van der Waals surface area contributed by atoms with Gasteiger partial charge >= 0.3 is 17.1 Å². The van der Waals surface area contributed by atoms with Crippen molar-refractivity contribution in [3.63, 3.8) is 0 Å². The average Bonchev–Trinajstić information content (AvgIpc) is 2.95. The average molecular weight is 380 g/mol. The van der Waals surface area contributed by atoms with Crippen LogP contribution in [0.4, 0.5) is 0 Å². The summed E-state index contributed by atoms with van der Waals surface area (Å²) in [6, 6.07) is 0. The molecule has 0 bridgehead atoms. The van der Waals surface area contributed by atoms with Gasteiger partial charge in [0.05, 0.1) is 13.2 Å². The van der Waals surface area contributed by atoms with Crippen molar-refractivity contribution in [1.82, 2.24) is 0 Å². The Bertz CT molecular complexity index is 427. The standard InChI is InChI=1S/C12H20O10.Fe/c13-1-5-7(16)9(18)12(21-5)4-19-11(3-15)10(22-12)8(17)6(2-14)20-11;/h5-10,13-18H,1-4H2;/q;+3/t5-,6-,7-,8-,9+,10+,11+,12+;/m1./s1. The summed E-state index contributed by atoms with van der Waals surface area (Å²) >= 11 is 0. The Morgan fingerprint density at radius 1 is 0.870 bits per heavy atom. The first kappa shape index (κ1) is 19.4. The van der Waals surface area contributed by atoms with Crippen LogP contribution in [-0.4, -0.2) is 105 Å². The van der Waals surface area contributed by atoms with Crippen LogP contribution in [0.5, 0.6) is 0 Å². The number of fused-ring (bicyclic) bond motifs is 1. The molecule has 133 valence electrons. The molecule has 0 aromatic carbocycles. The van der Waals surface area contributed by atoms with Gasteiger partial charge in [-0.1, -0.05) is 0 Å². The summed E-state index contributed by atoms with van der Waals surface area (Å²) in [7, 11) is 0. The van der Waals surface area contributed by atoms with E-state index in [1.165, 1.54) is 0 Å². The molecule has 3 aliphatic heterocycles. The van der Waals surface area contributed by atoms with Gasteiger partial charge < -0.3 is 49.6 Å². The predicted molar refractivity (Wildman–Crippen MR) is 65.3 cm³/mol. The van der Waals surface area contributed by atoms with E-state index in [1.54, 1.807) is 0 Å². The normalized spacial score (nSPS) is 52.4. The molecule has 11 heteroatoms. The number of hydrogen-bond acceptors (Lipinski definition) is 10. The van der Waals surface area contributed by atoms with Crippen molar-refractivity contribution in [3.05, 3.63) is 0 Å². The molecular weight excluding hydrogens is 360 g/mol. The Kier molecular flexibility index (Phi) is 5.74. The summed E-state index contributed by atoms with van der Waals surface area (Å²) in [6.45, 7) is -2.12. The topological polar surface area (TPSA) is 158 Å². The van der Waals surface area contributed by atoms with Crippen LogP contribution in [0.1, 0.15) is 0 Å². The maximum atomic E-state index is 10.1. The molecule has 0 aliphatic carbocycles. The largest absolute Gasteiger partial charge is 3.00 e. The zero-order chi connectivity index (χ0) is 16.1. The first-order chi connectivity index (χ1) is 10.4. The van der Waals surface area contributed by atoms with Crippen molar-refractivity contribution in [2.24, 2.45) is 0 Å². The predicted octanol–water partition coefficient (Wildman–Crippen LogP) is -4.35. The summed E-state index contributed by atoms with van der Waals surface area (Å²) in [5, 5.41) is 58.0. The molecule has 1 radical (unpaired) electrons. The summed E-state index contributed by atoms with van der Waals surface area (Å²) in [5.74, 6) is -3.49. The van der Waals surface area contributed by atoms with Crippen LogP contribution in [0, 0.1) is 0 Å². The summed E-state index contributed by atoms with van der Waals surface area (Å²) < 4.78 is 21.7. The van der Waals surface area contributed by atoms with E-state index in [0.29, 0.717) is 0 Å². The second-order valence-electron chi connectivity index (χ2n) is 5.71. The molecule has 0 amide bonds. The van der Waals surface area contributed by atoms with Crippen molar-refractivity contribution in [2.75, 3.05) is 26.4 Å². The van der Waals surface area contributed by atoms with E-state index < -0.39 is 74.6 Å². The minimum absolute atomic E-state index is 0. The molecule has 0 aromatic rings. The fourth-order valence-corrected chi connectivity index (χ4v) is 3.13. The molecule has 3 saturated heterocycles. The van der Waals surface area contributed by atoms with Crippen LogP contribution in [0.15, 0.2) is 0 Å². The maximum Gasteiger partial charge on any atom is 3.00 e. The number of aliphatic hydroxyl groups excluding tert-OH is 6. The molecule has 0 aromatic heterocycles. The molecule has 10 nitrogen and oxygen atoms in total. The number of rotatable bonds is 3. The van der Waals surface area contributed by atoms with Gasteiger partial charge in [-0.05, 0) is 0 Å². The molecule has 0 saturated carbocycles. The van der Waals surface area contributed by atoms with Crippen molar-refractivity contribution < 1.29 is 66.7 Å². The van der Waals surface area contributed by atoms with Gasteiger partial charge in [0.25, 0.3) is 0 Å². The molecule has 0 unspecified atom stereocenters. The molecule has 3 fully saturated rings. The summed E-state index contributed by atoms with van der Waals surface area (Å²) in [4.78, 5) is 0. The molecule has 3 rings (SSSR count). The molecular formula is C12H20FeO10+3. The van der Waals surface area contributed by atoms with Crippen LogP contribution >= 0.6 is 0 Å². The number of aliphatic hydroxyl groups is 6. The SMILES string of the molecule is OC[C@H]1O[C@]2(CO[C@@]3(CO)O[C@H](CO)[C@@H](O)[C@@H]3O2)[C@@H](O)[C@@H]1O.[Fe+3]. The third-order valence-electron chi connectivity index (χ3n) is 4.41. The molecule has 1 spiro atoms. The van der Waals surface area contributed by atoms with Crippen LogP contribution < -0.4 is 0 Å². The maximum absolute atomic E-state index is 10.1. The van der Waals surface area contributed by atoms with Crippen molar-refractivity contribution >= 4 is 0 Å².